The summed E-state index contributed by atoms with van der Waals surface area (Å²) in [5, 5.41) is 6.82. The summed E-state index contributed by atoms with van der Waals surface area (Å²) in [7, 11) is 0. The van der Waals surface area contributed by atoms with Crippen molar-refractivity contribution in [2.75, 3.05) is 6.61 Å². The molecule has 1 amide bonds. The molecule has 1 aliphatic carbocycles. The first kappa shape index (κ1) is 18.4. The minimum Gasteiger partial charge on any atom is -0.477 e. The fourth-order valence-corrected chi connectivity index (χ4v) is 2.38. The maximum Gasteiger partial charge on any atom is 0.226 e. The predicted molar refractivity (Wildman–Crippen MR) is 95.6 cm³/mol. The monoisotopic (exact) mass is 358 g/mol. The third-order valence-electron chi connectivity index (χ3n) is 4.25. The third-order valence-corrected chi connectivity index (χ3v) is 4.25. The van der Waals surface area contributed by atoms with E-state index in [1.54, 1.807) is 6.20 Å². The van der Waals surface area contributed by atoms with E-state index in [1.165, 1.54) is 12.8 Å². The lowest BCUT2D eigenvalue weighted by molar-refractivity contribution is -0.121. The van der Waals surface area contributed by atoms with Gasteiger partial charge in [0, 0.05) is 37.6 Å². The third kappa shape index (κ3) is 5.82. The summed E-state index contributed by atoms with van der Waals surface area (Å²) in [4.78, 5) is 20.5. The number of nitrogens with zero attached hydrogens (tertiary/aromatic N) is 3. The number of hydrogen-bond acceptors (Lipinski definition) is 6. The zero-order valence-corrected chi connectivity index (χ0v) is 15.4. The lowest BCUT2D eigenvalue weighted by atomic mass is 10.2. The molecular weight excluding hydrogens is 332 g/mol. The molecule has 26 heavy (non-hydrogen) atoms. The van der Waals surface area contributed by atoms with Crippen LogP contribution in [0.15, 0.2) is 22.9 Å². The molecule has 1 fully saturated rings. The molecule has 0 saturated heterocycles. The van der Waals surface area contributed by atoms with Gasteiger partial charge in [-0.05, 0) is 30.7 Å². The van der Waals surface area contributed by atoms with Crippen molar-refractivity contribution in [2.24, 2.45) is 5.92 Å². The lowest BCUT2D eigenvalue weighted by Gasteiger charge is -2.07. The van der Waals surface area contributed by atoms with E-state index in [2.05, 4.69) is 20.4 Å². The summed E-state index contributed by atoms with van der Waals surface area (Å²) < 4.78 is 10.8. The predicted octanol–water partition coefficient (Wildman–Crippen LogP) is 3.02. The van der Waals surface area contributed by atoms with Crippen molar-refractivity contribution in [3.05, 3.63) is 35.6 Å². The van der Waals surface area contributed by atoms with Crippen LogP contribution in [0.3, 0.4) is 0 Å². The van der Waals surface area contributed by atoms with Gasteiger partial charge in [-0.2, -0.15) is 4.98 Å². The van der Waals surface area contributed by atoms with Crippen LogP contribution in [0.5, 0.6) is 5.88 Å². The van der Waals surface area contributed by atoms with Gasteiger partial charge in [0.05, 0.1) is 6.61 Å². The van der Waals surface area contributed by atoms with Gasteiger partial charge in [0.2, 0.25) is 17.7 Å². The first-order valence-electron chi connectivity index (χ1n) is 9.27. The Bertz CT molecular complexity index is 708. The number of carbonyl (C=O) groups is 1. The summed E-state index contributed by atoms with van der Waals surface area (Å²) in [6.45, 7) is 5.25. The van der Waals surface area contributed by atoms with Gasteiger partial charge in [-0.1, -0.05) is 25.1 Å². The molecule has 0 unspecified atom stereocenters. The maximum atomic E-state index is 11.9. The Balaban J connectivity index is 1.32. The van der Waals surface area contributed by atoms with Gasteiger partial charge < -0.3 is 14.6 Å². The fourth-order valence-electron chi connectivity index (χ4n) is 2.38. The number of carbonyl (C=O) groups excluding carboxylic acids is 1. The second-order valence-electron chi connectivity index (χ2n) is 7.09. The van der Waals surface area contributed by atoms with Crippen molar-refractivity contribution >= 4 is 5.91 Å². The second kappa shape index (κ2) is 8.78. The van der Waals surface area contributed by atoms with Crippen molar-refractivity contribution in [1.82, 2.24) is 20.4 Å². The number of rotatable bonds is 10. The summed E-state index contributed by atoms with van der Waals surface area (Å²) >= 11 is 0. The number of aromatic nitrogens is 3. The number of nitrogens with one attached hydrogen (secondary N) is 1. The Kier molecular flexibility index (Phi) is 6.20. The Labute approximate surface area is 153 Å². The van der Waals surface area contributed by atoms with Crippen LogP contribution in [0, 0.1) is 5.92 Å². The van der Waals surface area contributed by atoms with E-state index in [9.17, 15) is 4.79 Å². The molecule has 0 bridgehead atoms. The topological polar surface area (TPSA) is 90.1 Å². The molecular formula is C19H26N4O3. The van der Waals surface area contributed by atoms with Crippen molar-refractivity contribution in [1.29, 1.82) is 0 Å². The second-order valence-corrected chi connectivity index (χ2v) is 7.09. The molecule has 7 heteroatoms. The Morgan fingerprint density at radius 1 is 1.38 bits per heavy atom. The van der Waals surface area contributed by atoms with Gasteiger partial charge >= 0.3 is 0 Å². The van der Waals surface area contributed by atoms with E-state index in [-0.39, 0.29) is 11.8 Å². The fraction of sp³-hybridized carbons (Fsp3) is 0.579. The number of aryl methyl sites for hydroxylation is 1. The van der Waals surface area contributed by atoms with Crippen LogP contribution in [-0.2, 0) is 17.8 Å². The molecule has 3 rings (SSSR count). The van der Waals surface area contributed by atoms with E-state index in [4.69, 9.17) is 9.26 Å². The van der Waals surface area contributed by atoms with Gasteiger partial charge in [-0.3, -0.25) is 4.79 Å². The zero-order chi connectivity index (χ0) is 18.4. The molecule has 1 saturated carbocycles. The Morgan fingerprint density at radius 3 is 2.88 bits per heavy atom. The number of pyridine rings is 1. The van der Waals surface area contributed by atoms with Gasteiger partial charge in [0.25, 0.3) is 0 Å². The zero-order valence-electron chi connectivity index (χ0n) is 15.4. The lowest BCUT2D eigenvalue weighted by Crippen LogP contribution is -2.22. The average molecular weight is 358 g/mol. The van der Waals surface area contributed by atoms with Gasteiger partial charge in [0.1, 0.15) is 0 Å². The van der Waals surface area contributed by atoms with Crippen LogP contribution >= 0.6 is 0 Å². The van der Waals surface area contributed by atoms with Crippen LogP contribution in [-0.4, -0.2) is 27.6 Å². The largest absolute Gasteiger partial charge is 0.477 e. The Hall–Kier alpha value is -2.44. The molecule has 0 radical (unpaired) electrons. The molecule has 1 N–H and O–H groups in total. The minimum absolute atomic E-state index is 0.00246. The van der Waals surface area contributed by atoms with Crippen LogP contribution in [0.1, 0.15) is 62.7 Å². The van der Waals surface area contributed by atoms with Gasteiger partial charge in [-0.15, -0.1) is 0 Å². The van der Waals surface area contributed by atoms with Gasteiger partial charge in [-0.25, -0.2) is 4.98 Å². The highest BCUT2D eigenvalue weighted by Gasteiger charge is 2.22. The first-order chi connectivity index (χ1) is 12.6. The average Bonchev–Trinajstić information content (AvgIpc) is 3.35. The van der Waals surface area contributed by atoms with E-state index < -0.39 is 0 Å². The van der Waals surface area contributed by atoms with Crippen molar-refractivity contribution in [3.8, 4) is 5.88 Å². The number of hydrogen-bond donors (Lipinski definition) is 1. The molecule has 1 aliphatic rings. The highest BCUT2D eigenvalue weighted by molar-refractivity contribution is 5.75. The van der Waals surface area contributed by atoms with Crippen LogP contribution < -0.4 is 10.1 Å². The van der Waals surface area contributed by atoms with Crippen LogP contribution in [0.25, 0.3) is 0 Å². The molecule has 0 atom stereocenters. The van der Waals surface area contributed by atoms with Crippen LogP contribution in [0.4, 0.5) is 0 Å². The minimum atomic E-state index is 0.00246. The van der Waals surface area contributed by atoms with E-state index in [0.717, 1.165) is 12.2 Å². The molecule has 0 aliphatic heterocycles. The summed E-state index contributed by atoms with van der Waals surface area (Å²) in [5.74, 6) is 2.90. The first-order valence-corrected chi connectivity index (χ1v) is 9.27. The van der Waals surface area contributed by atoms with Crippen molar-refractivity contribution in [2.45, 2.75) is 58.4 Å². The summed E-state index contributed by atoms with van der Waals surface area (Å²) in [6, 6.07) is 3.78. The molecule has 140 valence electrons. The summed E-state index contributed by atoms with van der Waals surface area (Å²) in [5.41, 5.74) is 0.954. The van der Waals surface area contributed by atoms with Crippen molar-refractivity contribution < 1.29 is 14.1 Å². The molecule has 2 heterocycles. The van der Waals surface area contributed by atoms with E-state index in [1.807, 2.05) is 26.0 Å². The highest BCUT2D eigenvalue weighted by atomic mass is 16.5. The smallest absolute Gasteiger partial charge is 0.226 e. The van der Waals surface area contributed by atoms with E-state index >= 15 is 0 Å². The highest BCUT2D eigenvalue weighted by Crippen LogP contribution is 2.29. The molecule has 2 aromatic rings. The SMILES string of the molecule is CC(C)c1noc(CCCC(=O)NCc2ccc(OCC3CC3)nc2)n1. The molecule has 0 spiro atoms. The normalized spacial score (nSPS) is 13.8. The molecule has 2 aromatic heterocycles. The van der Waals surface area contributed by atoms with Crippen LogP contribution in [0.2, 0.25) is 0 Å². The Morgan fingerprint density at radius 2 is 2.23 bits per heavy atom. The van der Waals surface area contributed by atoms with E-state index in [0.29, 0.717) is 49.3 Å². The number of amides is 1. The maximum absolute atomic E-state index is 11.9. The standard InChI is InChI=1S/C19H26N4O3/c1-13(2)19-22-18(26-23-19)5-3-4-16(24)20-10-15-8-9-17(21-11-15)25-12-14-6-7-14/h8-9,11,13-14H,3-7,10,12H2,1-2H3,(H,20,24). The molecule has 0 aromatic carbocycles. The van der Waals surface area contributed by atoms with Gasteiger partial charge in [0.15, 0.2) is 5.82 Å². The van der Waals surface area contributed by atoms with Crippen molar-refractivity contribution in [3.63, 3.8) is 0 Å². The number of ether oxygens (including phenoxy) is 1. The molecule has 7 nitrogen and oxygen atoms in total. The summed E-state index contributed by atoms with van der Waals surface area (Å²) in [6.07, 6.45) is 5.98. The quantitative estimate of drug-likeness (QED) is 0.702.